The molecule has 1 aromatic rings. The van der Waals surface area contributed by atoms with Gasteiger partial charge in [-0.2, -0.15) is 0 Å². The number of halogens is 1. The van der Waals surface area contributed by atoms with Crippen LogP contribution in [0.5, 0.6) is 0 Å². The highest BCUT2D eigenvalue weighted by atomic mass is 127. The lowest BCUT2D eigenvalue weighted by molar-refractivity contribution is -0.127. The Morgan fingerprint density at radius 2 is 1.93 bits per heavy atom. The van der Waals surface area contributed by atoms with Crippen LogP contribution in [0.4, 0.5) is 0 Å². The minimum absolute atomic E-state index is 0. The molecule has 30 heavy (non-hydrogen) atoms. The molecule has 2 aliphatic rings. The Morgan fingerprint density at radius 1 is 1.20 bits per heavy atom. The van der Waals surface area contributed by atoms with E-state index in [9.17, 15) is 4.79 Å². The first-order chi connectivity index (χ1) is 14.1. The smallest absolute Gasteiger partial charge is 0.223 e. The monoisotopic (exact) mass is 527 g/mol. The molecule has 0 saturated carbocycles. The van der Waals surface area contributed by atoms with Crippen molar-refractivity contribution in [2.45, 2.75) is 32.6 Å². The molecule has 2 heterocycles. The summed E-state index contributed by atoms with van der Waals surface area (Å²) in [7, 11) is 1.81. The van der Waals surface area contributed by atoms with E-state index in [-0.39, 0.29) is 29.9 Å². The average Bonchev–Trinajstić information content (AvgIpc) is 3.36. The Morgan fingerprint density at radius 3 is 2.63 bits per heavy atom. The molecular formula is C23H38IN5O. The molecule has 0 aromatic heterocycles. The summed E-state index contributed by atoms with van der Waals surface area (Å²) in [5, 5.41) is 6.87. The van der Waals surface area contributed by atoms with Gasteiger partial charge in [-0.1, -0.05) is 37.3 Å². The topological polar surface area (TPSA) is 60.0 Å². The molecule has 2 saturated heterocycles. The summed E-state index contributed by atoms with van der Waals surface area (Å²) < 4.78 is 0. The van der Waals surface area contributed by atoms with E-state index in [1.807, 2.05) is 18.0 Å². The molecular weight excluding hydrogens is 489 g/mol. The Kier molecular flexibility index (Phi) is 10.9. The predicted octanol–water partition coefficient (Wildman–Crippen LogP) is 2.59. The van der Waals surface area contributed by atoms with Crippen LogP contribution < -0.4 is 10.6 Å². The fourth-order valence-electron chi connectivity index (χ4n) is 4.32. The number of aliphatic imine (C=N–C) groups is 1. The first-order valence-corrected chi connectivity index (χ1v) is 11.1. The van der Waals surface area contributed by atoms with Crippen molar-refractivity contribution < 1.29 is 4.79 Å². The number of nitrogens with one attached hydrogen (secondary N) is 2. The highest BCUT2D eigenvalue weighted by Crippen LogP contribution is 2.17. The minimum atomic E-state index is 0. The highest BCUT2D eigenvalue weighted by Gasteiger charge is 2.29. The van der Waals surface area contributed by atoms with Crippen molar-refractivity contribution in [3.63, 3.8) is 0 Å². The first kappa shape index (κ1) is 24.9. The Bertz CT molecular complexity index is 663. The van der Waals surface area contributed by atoms with Crippen molar-refractivity contribution in [3.8, 4) is 0 Å². The lowest BCUT2D eigenvalue weighted by Crippen LogP contribution is -2.43. The van der Waals surface area contributed by atoms with Gasteiger partial charge in [-0.3, -0.25) is 9.79 Å². The molecule has 0 bridgehead atoms. The van der Waals surface area contributed by atoms with Crippen molar-refractivity contribution >= 4 is 35.8 Å². The van der Waals surface area contributed by atoms with E-state index in [1.54, 1.807) is 0 Å². The third kappa shape index (κ3) is 8.06. The third-order valence-electron chi connectivity index (χ3n) is 5.98. The first-order valence-electron chi connectivity index (χ1n) is 11.1. The fourth-order valence-corrected chi connectivity index (χ4v) is 4.32. The number of hydrogen-bond donors (Lipinski definition) is 2. The number of rotatable bonds is 9. The zero-order valence-corrected chi connectivity index (χ0v) is 20.8. The lowest BCUT2D eigenvalue weighted by Gasteiger charge is -2.22. The second-order valence-corrected chi connectivity index (χ2v) is 8.59. The molecule has 2 aliphatic heterocycles. The molecule has 0 spiro atoms. The molecule has 3 rings (SSSR count). The maximum atomic E-state index is 12.3. The van der Waals surface area contributed by atoms with Crippen molar-refractivity contribution in [1.29, 1.82) is 0 Å². The molecule has 1 amide bonds. The number of amides is 1. The molecule has 1 aromatic carbocycles. The van der Waals surface area contributed by atoms with Gasteiger partial charge in [-0.25, -0.2) is 0 Å². The highest BCUT2D eigenvalue weighted by molar-refractivity contribution is 14.0. The number of benzene rings is 1. The maximum absolute atomic E-state index is 12.3. The zero-order valence-electron chi connectivity index (χ0n) is 18.5. The van der Waals surface area contributed by atoms with Crippen molar-refractivity contribution in [1.82, 2.24) is 20.4 Å². The fraction of sp³-hybridized carbons (Fsp3) is 0.652. The van der Waals surface area contributed by atoms with Gasteiger partial charge in [0.1, 0.15) is 0 Å². The van der Waals surface area contributed by atoms with Gasteiger partial charge in [0.05, 0.1) is 0 Å². The van der Waals surface area contributed by atoms with Crippen LogP contribution >= 0.6 is 24.0 Å². The van der Waals surface area contributed by atoms with Crippen molar-refractivity contribution in [2.75, 3.05) is 52.9 Å². The Labute approximate surface area is 198 Å². The molecule has 2 atom stereocenters. The van der Waals surface area contributed by atoms with E-state index < -0.39 is 0 Å². The molecule has 2 N–H and O–H groups in total. The Balaban J connectivity index is 0.00000320. The zero-order chi connectivity index (χ0) is 20.5. The van der Waals surface area contributed by atoms with Crippen LogP contribution in [0, 0.1) is 11.8 Å². The van der Waals surface area contributed by atoms with Crippen LogP contribution in [0.3, 0.4) is 0 Å². The van der Waals surface area contributed by atoms with Crippen LogP contribution in [-0.4, -0.2) is 74.5 Å². The SMILES string of the molecule is CN=C(NCC(C)CN1CCCC1)NCC1CC(=O)N(CCc2ccccc2)C1.I. The molecule has 7 heteroatoms. The van der Waals surface area contributed by atoms with Crippen LogP contribution in [0.2, 0.25) is 0 Å². The van der Waals surface area contributed by atoms with Gasteiger partial charge >= 0.3 is 0 Å². The van der Waals surface area contributed by atoms with Gasteiger partial charge < -0.3 is 20.4 Å². The van der Waals surface area contributed by atoms with Crippen molar-refractivity contribution in [2.24, 2.45) is 16.8 Å². The summed E-state index contributed by atoms with van der Waals surface area (Å²) in [6.45, 7) is 9.27. The Hall–Kier alpha value is -1.35. The van der Waals surface area contributed by atoms with E-state index in [1.165, 1.54) is 31.5 Å². The molecule has 6 nitrogen and oxygen atoms in total. The van der Waals surface area contributed by atoms with E-state index in [4.69, 9.17) is 0 Å². The lowest BCUT2D eigenvalue weighted by atomic mass is 10.1. The third-order valence-corrected chi connectivity index (χ3v) is 5.98. The van der Waals surface area contributed by atoms with Gasteiger partial charge in [-0.05, 0) is 43.8 Å². The maximum Gasteiger partial charge on any atom is 0.223 e. The summed E-state index contributed by atoms with van der Waals surface area (Å²) >= 11 is 0. The predicted molar refractivity (Wildman–Crippen MR) is 134 cm³/mol. The molecule has 2 fully saturated rings. The summed E-state index contributed by atoms with van der Waals surface area (Å²) in [6.07, 6.45) is 4.23. The van der Waals surface area contributed by atoms with Gasteiger partial charge in [0.2, 0.25) is 5.91 Å². The van der Waals surface area contributed by atoms with Gasteiger partial charge in [0, 0.05) is 52.1 Å². The molecule has 2 unspecified atom stereocenters. The van der Waals surface area contributed by atoms with Gasteiger partial charge in [-0.15, -0.1) is 24.0 Å². The molecule has 0 aliphatic carbocycles. The number of nitrogens with zero attached hydrogens (tertiary/aromatic N) is 3. The van der Waals surface area contributed by atoms with E-state index in [2.05, 4.69) is 51.7 Å². The quantitative estimate of drug-likeness (QED) is 0.295. The van der Waals surface area contributed by atoms with E-state index in [0.29, 0.717) is 18.3 Å². The molecule has 0 radical (unpaired) electrons. The van der Waals surface area contributed by atoms with Crippen LogP contribution in [0.15, 0.2) is 35.3 Å². The number of likely N-dealkylation sites (tertiary alicyclic amines) is 2. The average molecular weight is 527 g/mol. The van der Waals surface area contributed by atoms with Gasteiger partial charge in [0.15, 0.2) is 5.96 Å². The standard InChI is InChI=1S/C23H37N5O.HI/c1-19(17-27-11-6-7-12-27)15-25-23(24-2)26-16-21-14-22(29)28(18-21)13-10-20-8-4-3-5-9-20;/h3-5,8-9,19,21H,6-7,10-18H2,1-2H3,(H2,24,25,26);1H. The minimum Gasteiger partial charge on any atom is -0.356 e. The molecule has 168 valence electrons. The van der Waals surface area contributed by atoms with Crippen molar-refractivity contribution in [3.05, 3.63) is 35.9 Å². The van der Waals surface area contributed by atoms with Gasteiger partial charge in [0.25, 0.3) is 0 Å². The number of hydrogen-bond acceptors (Lipinski definition) is 3. The van der Waals surface area contributed by atoms with Crippen LogP contribution in [0.25, 0.3) is 0 Å². The number of carbonyl (C=O) groups is 1. The number of guanidine groups is 1. The number of carbonyl (C=O) groups excluding carboxylic acids is 1. The summed E-state index contributed by atoms with van der Waals surface area (Å²) in [5.41, 5.74) is 1.29. The van der Waals surface area contributed by atoms with Crippen LogP contribution in [-0.2, 0) is 11.2 Å². The second kappa shape index (κ2) is 13.1. The summed E-state index contributed by atoms with van der Waals surface area (Å²) in [6, 6.07) is 10.4. The largest absolute Gasteiger partial charge is 0.356 e. The van der Waals surface area contributed by atoms with Crippen LogP contribution in [0.1, 0.15) is 31.7 Å². The summed E-state index contributed by atoms with van der Waals surface area (Å²) in [4.78, 5) is 21.3. The second-order valence-electron chi connectivity index (χ2n) is 8.59. The normalized spacial score (nSPS) is 20.9. The summed E-state index contributed by atoms with van der Waals surface area (Å²) in [5.74, 6) is 2.05. The van der Waals surface area contributed by atoms with E-state index >= 15 is 0 Å². The van der Waals surface area contributed by atoms with E-state index in [0.717, 1.165) is 45.1 Å².